The molecule has 0 radical (unpaired) electrons. The van der Waals surface area contributed by atoms with Crippen molar-refractivity contribution >= 4 is 96.1 Å². The molecule has 65 heavy (non-hydrogen) atoms. The van der Waals surface area contributed by atoms with Gasteiger partial charge in [0, 0.05) is 36.9 Å². The van der Waals surface area contributed by atoms with Crippen LogP contribution in [0.5, 0.6) is 0 Å². The fourth-order valence-electron chi connectivity index (χ4n) is 10.5. The van der Waals surface area contributed by atoms with Crippen LogP contribution in [0, 0.1) is 0 Å². The van der Waals surface area contributed by atoms with Gasteiger partial charge in [0.25, 0.3) is 0 Å². The molecule has 0 unspecified atom stereocenters. The van der Waals surface area contributed by atoms with E-state index >= 15 is 0 Å². The third-order valence-electron chi connectivity index (χ3n) is 13.6. The first-order valence-corrected chi connectivity index (χ1v) is 23.0. The van der Waals surface area contributed by atoms with Crippen LogP contribution in [0.25, 0.3) is 141 Å². The van der Waals surface area contributed by atoms with Crippen LogP contribution in [0.2, 0.25) is 0 Å². The number of thiophene rings is 1. The van der Waals surface area contributed by atoms with E-state index < -0.39 is 0 Å². The fraction of sp³-hybridized carbons (Fsp3) is 0. The highest BCUT2D eigenvalue weighted by Crippen LogP contribution is 2.45. The van der Waals surface area contributed by atoms with Gasteiger partial charge >= 0.3 is 0 Å². The quantitative estimate of drug-likeness (QED) is 0.161. The summed E-state index contributed by atoms with van der Waals surface area (Å²) in [6, 6.07) is 79.9. The summed E-state index contributed by atoms with van der Waals surface area (Å²) in [6.45, 7) is 0. The number of fused-ring (bicyclic) bond motifs is 5. The Kier molecular flexibility index (Phi) is 7.89. The molecule has 0 saturated carbocycles. The lowest BCUT2D eigenvalue weighted by Gasteiger charge is -2.17. The van der Waals surface area contributed by atoms with Crippen molar-refractivity contribution in [3.05, 3.63) is 218 Å². The Hall–Kier alpha value is -8.24. The van der Waals surface area contributed by atoms with E-state index in [9.17, 15) is 0 Å². The summed E-state index contributed by atoms with van der Waals surface area (Å²) < 4.78 is 2.63. The molecule has 0 aliphatic heterocycles. The summed E-state index contributed by atoms with van der Waals surface area (Å²) in [7, 11) is 0. The van der Waals surface area contributed by atoms with Crippen LogP contribution in [0.1, 0.15) is 0 Å². The van der Waals surface area contributed by atoms with E-state index in [1.54, 1.807) is 0 Å². The number of nitrogens with zero attached hydrogens (tertiary/aromatic N) is 2. The normalized spacial score (nSPS) is 12.0. The summed E-state index contributed by atoms with van der Waals surface area (Å²) >= 11 is 1.86. The molecule has 0 saturated heterocycles. The molecule has 0 fully saturated rings. The van der Waals surface area contributed by atoms with Crippen LogP contribution in [-0.4, -0.2) is 9.97 Å². The minimum absolute atomic E-state index is 0.708. The SMILES string of the molecule is c1ccc(-c2nc(-c3ccc(-c4cc5ccc6cccc7c8cccc9ccc%10cccc(c(c4)c5c67)c%10c98)cc3)cc(-c3ccc(-c4cccc5c4sc4ccccc45)cc3)n2)cc1. The third-order valence-corrected chi connectivity index (χ3v) is 14.8. The molecule has 0 aliphatic carbocycles. The van der Waals surface area contributed by atoms with Crippen LogP contribution < -0.4 is 0 Å². The van der Waals surface area contributed by atoms with Gasteiger partial charge in [-0.3, -0.25) is 0 Å². The molecule has 0 bridgehead atoms. The Morgan fingerprint density at radius 3 is 1.42 bits per heavy atom. The third kappa shape index (κ3) is 5.66. The van der Waals surface area contributed by atoms with E-state index in [0.29, 0.717) is 5.82 Å². The minimum atomic E-state index is 0.708. The van der Waals surface area contributed by atoms with Gasteiger partial charge < -0.3 is 0 Å². The second kappa shape index (κ2) is 14.1. The van der Waals surface area contributed by atoms with Gasteiger partial charge in [0.2, 0.25) is 0 Å². The van der Waals surface area contributed by atoms with Gasteiger partial charge in [-0.1, -0.05) is 194 Å². The lowest BCUT2D eigenvalue weighted by atomic mass is 9.86. The predicted octanol–water partition coefficient (Wildman–Crippen LogP) is 17.5. The molecular formula is C62H36N2S. The first-order chi connectivity index (χ1) is 32.2. The second-order valence-corrected chi connectivity index (χ2v) is 18.3. The van der Waals surface area contributed by atoms with Crippen molar-refractivity contribution in [1.29, 1.82) is 0 Å². The molecule has 300 valence electrons. The molecule has 2 heterocycles. The van der Waals surface area contributed by atoms with Gasteiger partial charge in [-0.25, -0.2) is 9.97 Å². The lowest BCUT2D eigenvalue weighted by molar-refractivity contribution is 1.18. The highest BCUT2D eigenvalue weighted by Gasteiger charge is 2.18. The van der Waals surface area contributed by atoms with E-state index in [1.807, 2.05) is 29.5 Å². The van der Waals surface area contributed by atoms with Gasteiger partial charge in [0.05, 0.1) is 11.4 Å². The van der Waals surface area contributed by atoms with Crippen LogP contribution in [-0.2, 0) is 0 Å². The highest BCUT2D eigenvalue weighted by molar-refractivity contribution is 7.26. The number of hydrogen-bond donors (Lipinski definition) is 0. The van der Waals surface area contributed by atoms with Crippen molar-refractivity contribution in [2.24, 2.45) is 0 Å². The van der Waals surface area contributed by atoms with Crippen molar-refractivity contribution in [1.82, 2.24) is 9.97 Å². The van der Waals surface area contributed by atoms with Crippen LogP contribution in [0.4, 0.5) is 0 Å². The molecule has 0 N–H and O–H groups in total. The molecule has 2 aromatic heterocycles. The molecule has 3 heteroatoms. The maximum atomic E-state index is 5.19. The second-order valence-electron chi connectivity index (χ2n) is 17.2. The first-order valence-electron chi connectivity index (χ1n) is 22.2. The van der Waals surface area contributed by atoms with Gasteiger partial charge in [0.15, 0.2) is 5.82 Å². The van der Waals surface area contributed by atoms with Crippen molar-refractivity contribution in [2.45, 2.75) is 0 Å². The lowest BCUT2D eigenvalue weighted by Crippen LogP contribution is -1.96. The van der Waals surface area contributed by atoms with Gasteiger partial charge in [-0.2, -0.15) is 0 Å². The molecule has 0 spiro atoms. The zero-order chi connectivity index (χ0) is 42.6. The Morgan fingerprint density at radius 1 is 0.277 bits per heavy atom. The zero-order valence-corrected chi connectivity index (χ0v) is 35.9. The smallest absolute Gasteiger partial charge is 0.160 e. The monoisotopic (exact) mass is 840 g/mol. The van der Waals surface area contributed by atoms with E-state index in [2.05, 4.69) is 200 Å². The van der Waals surface area contributed by atoms with E-state index in [1.165, 1.54) is 101 Å². The van der Waals surface area contributed by atoms with Crippen LogP contribution >= 0.6 is 11.3 Å². The van der Waals surface area contributed by atoms with Crippen LogP contribution in [0.3, 0.4) is 0 Å². The Labute approximate surface area is 378 Å². The minimum Gasteiger partial charge on any atom is -0.228 e. The topological polar surface area (TPSA) is 25.8 Å². The number of rotatable bonds is 5. The van der Waals surface area contributed by atoms with Crippen molar-refractivity contribution in [3.63, 3.8) is 0 Å². The Bertz CT molecular complexity index is 4200. The van der Waals surface area contributed by atoms with Gasteiger partial charge in [-0.05, 0) is 111 Å². The summed E-state index contributed by atoms with van der Waals surface area (Å²) in [5.74, 6) is 0.708. The maximum absolute atomic E-state index is 5.19. The molecular weight excluding hydrogens is 805 g/mol. The summed E-state index contributed by atoms with van der Waals surface area (Å²) in [4.78, 5) is 10.4. The zero-order valence-electron chi connectivity index (χ0n) is 35.1. The van der Waals surface area contributed by atoms with Crippen molar-refractivity contribution < 1.29 is 0 Å². The molecule has 0 aliphatic rings. The Morgan fingerprint density at radius 2 is 0.769 bits per heavy atom. The summed E-state index contributed by atoms with van der Waals surface area (Å²) in [6.07, 6.45) is 0. The van der Waals surface area contributed by atoms with Gasteiger partial charge in [-0.15, -0.1) is 11.3 Å². The molecule has 14 rings (SSSR count). The molecule has 14 aromatic rings. The maximum Gasteiger partial charge on any atom is 0.160 e. The van der Waals surface area contributed by atoms with E-state index in [4.69, 9.17) is 9.97 Å². The Balaban J connectivity index is 0.901. The molecule has 0 atom stereocenters. The highest BCUT2D eigenvalue weighted by atomic mass is 32.1. The number of aromatic nitrogens is 2. The summed E-state index contributed by atoms with van der Waals surface area (Å²) in [5.41, 5.74) is 9.66. The average Bonchev–Trinajstić information content (AvgIpc) is 3.76. The summed E-state index contributed by atoms with van der Waals surface area (Å²) in [5, 5.41) is 18.1. The van der Waals surface area contributed by atoms with E-state index in [0.717, 1.165) is 33.6 Å². The predicted molar refractivity (Wildman–Crippen MR) is 278 cm³/mol. The molecule has 2 nitrogen and oxygen atoms in total. The van der Waals surface area contributed by atoms with Gasteiger partial charge in [0.1, 0.15) is 0 Å². The van der Waals surface area contributed by atoms with E-state index in [-0.39, 0.29) is 0 Å². The number of benzene rings is 11. The average molecular weight is 841 g/mol. The standard InChI is InChI=1S/C62H36N2S/c1-2-10-44(11-3-1)62-63-54(36-55(64-62)40-28-24-38(25-29-40)47-16-9-20-52-48-15-4-5-21-56(48)65-61(47)52)39-26-22-37(23-27-39)46-34-45-33-32-43-13-7-18-50-49-17-6-12-41-30-31-42-14-8-19-51(59(42)57(41)49)53(35-46)60(45)58(43)50/h1-36H. The largest absolute Gasteiger partial charge is 0.228 e. The number of hydrogen-bond acceptors (Lipinski definition) is 3. The molecule has 12 aromatic carbocycles. The van der Waals surface area contributed by atoms with Crippen molar-refractivity contribution in [2.75, 3.05) is 0 Å². The van der Waals surface area contributed by atoms with Crippen LogP contribution in [0.15, 0.2) is 218 Å². The molecule has 0 amide bonds. The van der Waals surface area contributed by atoms with Crippen molar-refractivity contribution in [3.8, 4) is 56.2 Å². The first kappa shape index (κ1) is 36.3. The fourth-order valence-corrected chi connectivity index (χ4v) is 11.8.